The molecule has 5 heteroatoms. The van der Waals surface area contributed by atoms with Gasteiger partial charge in [-0.3, -0.25) is 4.79 Å². The lowest BCUT2D eigenvalue weighted by Crippen LogP contribution is -2.29. The minimum atomic E-state index is -0.336. The van der Waals surface area contributed by atoms with E-state index in [4.69, 9.17) is 0 Å². The number of benzene rings is 2. The van der Waals surface area contributed by atoms with Crippen LogP contribution < -0.4 is 10.2 Å². The first-order chi connectivity index (χ1) is 14.7. The molecular weight excluding hydrogens is 372 g/mol. The number of nitriles is 1. The maximum atomic E-state index is 12.5. The Balaban J connectivity index is 1.36. The number of carbonyl (C=O) groups excluding carboxylic acids is 1. The van der Waals surface area contributed by atoms with Crippen LogP contribution in [-0.4, -0.2) is 30.5 Å². The molecule has 0 radical (unpaired) electrons. The van der Waals surface area contributed by atoms with Crippen molar-refractivity contribution in [2.45, 2.75) is 25.7 Å². The molecule has 0 aliphatic carbocycles. The van der Waals surface area contributed by atoms with Gasteiger partial charge >= 0.3 is 0 Å². The number of anilines is 1. The second-order valence-electron chi connectivity index (χ2n) is 7.67. The number of piperidine rings is 1. The number of amides is 1. The molecule has 1 aliphatic rings. The second kappa shape index (κ2) is 9.32. The summed E-state index contributed by atoms with van der Waals surface area (Å²) in [5.41, 5.74) is 4.43. The number of rotatable bonds is 6. The van der Waals surface area contributed by atoms with Crippen molar-refractivity contribution < 1.29 is 4.79 Å². The standard InChI is InChI=1S/C25H26N4O/c26-17-21(16-19-8-10-22(11-9-19)29-14-4-1-5-15-29)25(30)27-13-12-20-18-28-24-7-3-2-6-23(20)24/h2-3,6-11,16,18,28H,1,4-5,12-15H2,(H,27,30)/b21-16-. The van der Waals surface area contributed by atoms with E-state index in [0.717, 1.165) is 35.1 Å². The molecule has 1 amide bonds. The summed E-state index contributed by atoms with van der Waals surface area (Å²) in [6.07, 6.45) is 8.11. The molecule has 0 bridgehead atoms. The lowest BCUT2D eigenvalue weighted by Gasteiger charge is -2.28. The number of hydrogen-bond acceptors (Lipinski definition) is 3. The van der Waals surface area contributed by atoms with Gasteiger partial charge in [0.2, 0.25) is 0 Å². The second-order valence-corrected chi connectivity index (χ2v) is 7.67. The highest BCUT2D eigenvalue weighted by Gasteiger charge is 2.12. The maximum Gasteiger partial charge on any atom is 0.261 e. The van der Waals surface area contributed by atoms with Gasteiger partial charge in [-0.2, -0.15) is 5.26 Å². The van der Waals surface area contributed by atoms with Crippen molar-refractivity contribution in [1.29, 1.82) is 5.26 Å². The SMILES string of the molecule is N#C/C(=C/c1ccc(N2CCCCC2)cc1)C(=O)NCCc1c[nH]c2ccccc12. The van der Waals surface area contributed by atoms with Crippen LogP contribution >= 0.6 is 0 Å². The van der Waals surface area contributed by atoms with Crippen molar-refractivity contribution in [2.75, 3.05) is 24.5 Å². The summed E-state index contributed by atoms with van der Waals surface area (Å²) in [6, 6.07) is 18.2. The molecule has 5 nitrogen and oxygen atoms in total. The number of H-pyrrole nitrogens is 1. The van der Waals surface area contributed by atoms with E-state index in [0.29, 0.717) is 13.0 Å². The molecule has 2 heterocycles. The zero-order chi connectivity index (χ0) is 20.8. The number of para-hydroxylation sites is 1. The van der Waals surface area contributed by atoms with Crippen molar-refractivity contribution in [3.8, 4) is 6.07 Å². The molecule has 152 valence electrons. The van der Waals surface area contributed by atoms with Crippen LogP contribution in [0.4, 0.5) is 5.69 Å². The van der Waals surface area contributed by atoms with Crippen molar-refractivity contribution in [3.05, 3.63) is 71.4 Å². The number of hydrogen-bond donors (Lipinski definition) is 2. The molecule has 30 heavy (non-hydrogen) atoms. The van der Waals surface area contributed by atoms with Gasteiger partial charge < -0.3 is 15.2 Å². The molecular formula is C25H26N4O. The van der Waals surface area contributed by atoms with Crippen LogP contribution in [0.2, 0.25) is 0 Å². The van der Waals surface area contributed by atoms with E-state index in [2.05, 4.69) is 33.4 Å². The summed E-state index contributed by atoms with van der Waals surface area (Å²) in [5.74, 6) is -0.336. The van der Waals surface area contributed by atoms with Gasteiger partial charge in [-0.15, -0.1) is 0 Å². The maximum absolute atomic E-state index is 12.5. The summed E-state index contributed by atoms with van der Waals surface area (Å²) >= 11 is 0. The molecule has 4 rings (SSSR count). The lowest BCUT2D eigenvalue weighted by atomic mass is 10.1. The third kappa shape index (κ3) is 4.55. The summed E-state index contributed by atoms with van der Waals surface area (Å²) in [5, 5.41) is 13.5. The van der Waals surface area contributed by atoms with E-state index in [1.54, 1.807) is 6.08 Å². The third-order valence-corrected chi connectivity index (χ3v) is 5.65. The zero-order valence-electron chi connectivity index (χ0n) is 17.0. The van der Waals surface area contributed by atoms with Crippen LogP contribution in [-0.2, 0) is 11.2 Å². The molecule has 1 aromatic heterocycles. The fourth-order valence-electron chi connectivity index (χ4n) is 3.99. The van der Waals surface area contributed by atoms with Crippen LogP contribution in [0.15, 0.2) is 60.3 Å². The molecule has 2 N–H and O–H groups in total. The summed E-state index contributed by atoms with van der Waals surface area (Å²) in [6.45, 7) is 2.67. The van der Waals surface area contributed by atoms with Gasteiger partial charge in [0.15, 0.2) is 0 Å². The van der Waals surface area contributed by atoms with Crippen molar-refractivity contribution in [1.82, 2.24) is 10.3 Å². The van der Waals surface area contributed by atoms with Gasteiger partial charge in [0.1, 0.15) is 11.6 Å². The summed E-state index contributed by atoms with van der Waals surface area (Å²) < 4.78 is 0. The molecule has 1 aliphatic heterocycles. The fraction of sp³-hybridized carbons (Fsp3) is 0.280. The van der Waals surface area contributed by atoms with E-state index in [9.17, 15) is 10.1 Å². The van der Waals surface area contributed by atoms with Gasteiger partial charge in [-0.25, -0.2) is 0 Å². The number of aromatic amines is 1. The van der Waals surface area contributed by atoms with E-state index >= 15 is 0 Å². The number of nitrogens with zero attached hydrogens (tertiary/aromatic N) is 2. The van der Waals surface area contributed by atoms with E-state index in [1.165, 1.54) is 24.9 Å². The van der Waals surface area contributed by atoms with Crippen LogP contribution in [0.3, 0.4) is 0 Å². The first-order valence-corrected chi connectivity index (χ1v) is 10.5. The van der Waals surface area contributed by atoms with Gasteiger partial charge in [0.25, 0.3) is 5.91 Å². The van der Waals surface area contributed by atoms with Gasteiger partial charge in [0.05, 0.1) is 0 Å². The van der Waals surface area contributed by atoms with E-state index in [-0.39, 0.29) is 11.5 Å². The van der Waals surface area contributed by atoms with Gasteiger partial charge in [-0.1, -0.05) is 30.3 Å². The largest absolute Gasteiger partial charge is 0.372 e. The molecule has 3 aromatic rings. The average Bonchev–Trinajstić information content (AvgIpc) is 3.21. The number of fused-ring (bicyclic) bond motifs is 1. The lowest BCUT2D eigenvalue weighted by molar-refractivity contribution is -0.117. The highest BCUT2D eigenvalue weighted by molar-refractivity contribution is 6.01. The smallest absolute Gasteiger partial charge is 0.261 e. The minimum Gasteiger partial charge on any atom is -0.372 e. The van der Waals surface area contributed by atoms with E-state index < -0.39 is 0 Å². The third-order valence-electron chi connectivity index (χ3n) is 5.65. The molecule has 0 saturated carbocycles. The molecule has 0 unspecified atom stereocenters. The molecule has 1 saturated heterocycles. The van der Waals surface area contributed by atoms with Crippen LogP contribution in [0.5, 0.6) is 0 Å². The number of carbonyl (C=O) groups is 1. The quantitative estimate of drug-likeness (QED) is 0.477. The summed E-state index contributed by atoms with van der Waals surface area (Å²) in [7, 11) is 0. The Labute approximate surface area is 177 Å². The summed E-state index contributed by atoms with van der Waals surface area (Å²) in [4.78, 5) is 18.1. The Bertz CT molecular complexity index is 1080. The monoisotopic (exact) mass is 398 g/mol. The van der Waals surface area contributed by atoms with Crippen molar-refractivity contribution >= 4 is 28.6 Å². The Morgan fingerprint density at radius 1 is 1.10 bits per heavy atom. The zero-order valence-corrected chi connectivity index (χ0v) is 17.0. The van der Waals surface area contributed by atoms with Crippen molar-refractivity contribution in [3.63, 3.8) is 0 Å². The predicted molar refractivity (Wildman–Crippen MR) is 121 cm³/mol. The minimum absolute atomic E-state index is 0.125. The fourth-order valence-corrected chi connectivity index (χ4v) is 3.99. The molecule has 0 spiro atoms. The average molecular weight is 399 g/mol. The highest BCUT2D eigenvalue weighted by atomic mass is 16.1. The van der Waals surface area contributed by atoms with E-state index in [1.807, 2.05) is 42.6 Å². The number of aromatic nitrogens is 1. The van der Waals surface area contributed by atoms with Gasteiger partial charge in [-0.05, 0) is 61.1 Å². The Kier molecular flexibility index (Phi) is 6.14. The molecule has 2 aromatic carbocycles. The predicted octanol–water partition coefficient (Wildman–Crippen LogP) is 4.42. The first kappa shape index (κ1) is 19.8. The topological polar surface area (TPSA) is 71.9 Å². The first-order valence-electron chi connectivity index (χ1n) is 10.5. The number of nitrogens with one attached hydrogen (secondary N) is 2. The Hall–Kier alpha value is -3.52. The normalized spacial score (nSPS) is 14.5. The molecule has 1 fully saturated rings. The highest BCUT2D eigenvalue weighted by Crippen LogP contribution is 2.21. The van der Waals surface area contributed by atoms with Crippen LogP contribution in [0, 0.1) is 11.3 Å². The molecule has 0 atom stereocenters. The van der Waals surface area contributed by atoms with Gasteiger partial charge in [0, 0.05) is 42.4 Å². The Morgan fingerprint density at radius 3 is 2.63 bits per heavy atom. The Morgan fingerprint density at radius 2 is 1.87 bits per heavy atom. The van der Waals surface area contributed by atoms with Crippen LogP contribution in [0.1, 0.15) is 30.4 Å². The van der Waals surface area contributed by atoms with Crippen LogP contribution in [0.25, 0.3) is 17.0 Å². The van der Waals surface area contributed by atoms with Crippen molar-refractivity contribution in [2.24, 2.45) is 0 Å².